The molecule has 2 unspecified atom stereocenters. The minimum absolute atomic E-state index is 0.0973. The number of aromatic nitrogens is 1. The predicted octanol–water partition coefficient (Wildman–Crippen LogP) is 2.01. The van der Waals surface area contributed by atoms with E-state index in [4.69, 9.17) is 0 Å². The highest BCUT2D eigenvalue weighted by Crippen LogP contribution is 2.23. The van der Waals surface area contributed by atoms with Gasteiger partial charge >= 0.3 is 6.03 Å². The maximum Gasteiger partial charge on any atom is 0.322 e. The van der Waals surface area contributed by atoms with E-state index in [1.807, 2.05) is 18.7 Å². The summed E-state index contributed by atoms with van der Waals surface area (Å²) in [6, 6.07) is 1.91. The van der Waals surface area contributed by atoms with Gasteiger partial charge in [0.15, 0.2) is 0 Å². The Bertz CT molecular complexity index is 450. The molecular weight excluding hydrogens is 242 g/mol. The predicted molar refractivity (Wildman–Crippen MR) is 74.0 cm³/mol. The summed E-state index contributed by atoms with van der Waals surface area (Å²) in [5.41, 5.74) is 1.73. The number of hydrogen-bond acceptors (Lipinski definition) is 3. The average molecular weight is 263 g/mol. The highest BCUT2D eigenvalue weighted by molar-refractivity contribution is 5.90. The van der Waals surface area contributed by atoms with Crippen molar-refractivity contribution in [3.63, 3.8) is 0 Å². The second kappa shape index (κ2) is 6.02. The lowest BCUT2D eigenvalue weighted by atomic mass is 9.94. The fourth-order valence-electron chi connectivity index (χ4n) is 2.41. The number of pyridine rings is 1. The molecule has 2 rings (SSSR count). The van der Waals surface area contributed by atoms with E-state index in [9.17, 15) is 9.90 Å². The van der Waals surface area contributed by atoms with Gasteiger partial charge in [0, 0.05) is 37.3 Å². The fraction of sp³-hybridized carbons (Fsp3) is 0.571. The van der Waals surface area contributed by atoms with Gasteiger partial charge in [-0.2, -0.15) is 0 Å². The number of carbonyl (C=O) groups excluding carboxylic acids is 1. The van der Waals surface area contributed by atoms with Crippen LogP contribution >= 0.6 is 0 Å². The lowest BCUT2D eigenvalue weighted by Gasteiger charge is -2.37. The standard InChI is InChI=1S/C14H21N3O2/c1-10-7-15-6-5-13(10)16-14(19)17-8-12(9-18)4-3-11(17)2/h5-7,11-12,18H,3-4,8-9H2,1-2H3,(H,15,16,19). The van der Waals surface area contributed by atoms with E-state index in [-0.39, 0.29) is 24.6 Å². The number of rotatable bonds is 2. The first-order valence-electron chi connectivity index (χ1n) is 6.71. The number of piperidine rings is 1. The number of nitrogens with zero attached hydrogens (tertiary/aromatic N) is 2. The van der Waals surface area contributed by atoms with Gasteiger partial charge in [0.25, 0.3) is 0 Å². The van der Waals surface area contributed by atoms with E-state index < -0.39 is 0 Å². The van der Waals surface area contributed by atoms with Gasteiger partial charge in [-0.05, 0) is 44.2 Å². The first-order chi connectivity index (χ1) is 9.11. The Morgan fingerprint density at radius 1 is 1.58 bits per heavy atom. The summed E-state index contributed by atoms with van der Waals surface area (Å²) in [4.78, 5) is 18.1. The van der Waals surface area contributed by atoms with Crippen LogP contribution in [-0.2, 0) is 0 Å². The van der Waals surface area contributed by atoms with Crippen LogP contribution in [0.25, 0.3) is 0 Å². The van der Waals surface area contributed by atoms with Crippen molar-refractivity contribution < 1.29 is 9.90 Å². The van der Waals surface area contributed by atoms with Crippen molar-refractivity contribution in [1.29, 1.82) is 0 Å². The lowest BCUT2D eigenvalue weighted by Crippen LogP contribution is -2.48. The van der Waals surface area contributed by atoms with Crippen LogP contribution in [0.2, 0.25) is 0 Å². The lowest BCUT2D eigenvalue weighted by molar-refractivity contribution is 0.107. The van der Waals surface area contributed by atoms with E-state index in [1.54, 1.807) is 18.5 Å². The topological polar surface area (TPSA) is 65.5 Å². The van der Waals surface area contributed by atoms with Crippen molar-refractivity contribution in [2.24, 2.45) is 5.92 Å². The zero-order valence-corrected chi connectivity index (χ0v) is 11.5. The van der Waals surface area contributed by atoms with Crippen molar-refractivity contribution in [2.75, 3.05) is 18.5 Å². The minimum atomic E-state index is -0.0973. The average Bonchev–Trinajstić information content (AvgIpc) is 2.42. The molecule has 2 amide bonds. The number of carbonyl (C=O) groups is 1. The molecular formula is C14H21N3O2. The number of urea groups is 1. The van der Waals surface area contributed by atoms with Crippen molar-refractivity contribution in [3.05, 3.63) is 24.0 Å². The van der Waals surface area contributed by atoms with Crippen molar-refractivity contribution in [1.82, 2.24) is 9.88 Å². The summed E-state index contributed by atoms with van der Waals surface area (Å²) >= 11 is 0. The van der Waals surface area contributed by atoms with Gasteiger partial charge in [0.2, 0.25) is 0 Å². The molecule has 1 aliphatic rings. The van der Waals surface area contributed by atoms with Gasteiger partial charge in [-0.25, -0.2) is 4.79 Å². The number of hydrogen-bond donors (Lipinski definition) is 2. The summed E-state index contributed by atoms with van der Waals surface area (Å²) in [5.74, 6) is 0.195. The molecule has 0 aliphatic carbocycles. The van der Waals surface area contributed by atoms with Crippen LogP contribution in [0.5, 0.6) is 0 Å². The third kappa shape index (κ3) is 3.23. The molecule has 0 spiro atoms. The van der Waals surface area contributed by atoms with Gasteiger partial charge < -0.3 is 15.3 Å². The van der Waals surface area contributed by atoms with Crippen LogP contribution in [-0.4, -0.2) is 40.2 Å². The van der Waals surface area contributed by atoms with Crippen molar-refractivity contribution >= 4 is 11.7 Å². The van der Waals surface area contributed by atoms with Crippen LogP contribution in [0.15, 0.2) is 18.5 Å². The number of aryl methyl sites for hydroxylation is 1. The maximum absolute atomic E-state index is 12.3. The number of anilines is 1. The third-order valence-electron chi connectivity index (χ3n) is 3.76. The summed E-state index contributed by atoms with van der Waals surface area (Å²) in [6.45, 7) is 4.73. The number of aliphatic hydroxyl groups excluding tert-OH is 1. The van der Waals surface area contributed by atoms with E-state index in [0.717, 1.165) is 24.1 Å². The normalized spacial score (nSPS) is 23.2. The van der Waals surface area contributed by atoms with E-state index in [1.165, 1.54) is 0 Å². The molecule has 1 saturated heterocycles. The van der Waals surface area contributed by atoms with Crippen LogP contribution in [0.4, 0.5) is 10.5 Å². The summed E-state index contributed by atoms with van der Waals surface area (Å²) < 4.78 is 0. The summed E-state index contributed by atoms with van der Waals surface area (Å²) in [6.07, 6.45) is 5.31. The Labute approximate surface area is 113 Å². The molecule has 1 fully saturated rings. The second-order valence-corrected chi connectivity index (χ2v) is 5.25. The molecule has 19 heavy (non-hydrogen) atoms. The molecule has 1 aliphatic heterocycles. The molecule has 1 aromatic rings. The Morgan fingerprint density at radius 3 is 3.05 bits per heavy atom. The molecule has 2 heterocycles. The number of likely N-dealkylation sites (tertiary alicyclic amines) is 1. The van der Waals surface area contributed by atoms with Crippen molar-refractivity contribution in [3.8, 4) is 0 Å². The Hall–Kier alpha value is -1.62. The third-order valence-corrected chi connectivity index (χ3v) is 3.76. The van der Waals surface area contributed by atoms with E-state index in [2.05, 4.69) is 10.3 Å². The molecule has 1 aromatic heterocycles. The van der Waals surface area contributed by atoms with Crippen LogP contribution in [0.3, 0.4) is 0 Å². The zero-order valence-electron chi connectivity index (χ0n) is 11.5. The molecule has 0 bridgehead atoms. The first kappa shape index (κ1) is 13.8. The van der Waals surface area contributed by atoms with E-state index >= 15 is 0 Å². The Kier molecular flexibility index (Phi) is 4.37. The number of aliphatic hydroxyl groups is 1. The zero-order chi connectivity index (χ0) is 13.8. The van der Waals surface area contributed by atoms with Crippen molar-refractivity contribution in [2.45, 2.75) is 32.7 Å². The second-order valence-electron chi connectivity index (χ2n) is 5.25. The molecule has 5 nitrogen and oxygen atoms in total. The SMILES string of the molecule is Cc1cnccc1NC(=O)N1CC(CO)CCC1C. The van der Waals surface area contributed by atoms with Crippen LogP contribution < -0.4 is 5.32 Å². The Balaban J connectivity index is 2.04. The largest absolute Gasteiger partial charge is 0.396 e. The van der Waals surface area contributed by atoms with Gasteiger partial charge in [0.1, 0.15) is 0 Å². The van der Waals surface area contributed by atoms with Gasteiger partial charge in [-0.1, -0.05) is 0 Å². The first-order valence-corrected chi connectivity index (χ1v) is 6.71. The van der Waals surface area contributed by atoms with E-state index in [0.29, 0.717) is 6.54 Å². The molecule has 2 N–H and O–H groups in total. The number of nitrogens with one attached hydrogen (secondary N) is 1. The summed E-state index contributed by atoms with van der Waals surface area (Å²) in [7, 11) is 0. The molecule has 2 atom stereocenters. The van der Waals surface area contributed by atoms with Crippen LogP contribution in [0, 0.1) is 12.8 Å². The van der Waals surface area contributed by atoms with Gasteiger partial charge in [-0.3, -0.25) is 4.98 Å². The van der Waals surface area contributed by atoms with Gasteiger partial charge in [-0.15, -0.1) is 0 Å². The fourth-order valence-corrected chi connectivity index (χ4v) is 2.41. The highest BCUT2D eigenvalue weighted by Gasteiger charge is 2.28. The maximum atomic E-state index is 12.3. The van der Waals surface area contributed by atoms with Crippen LogP contribution in [0.1, 0.15) is 25.3 Å². The van der Waals surface area contributed by atoms with Gasteiger partial charge in [0.05, 0.1) is 0 Å². The number of amides is 2. The molecule has 0 saturated carbocycles. The monoisotopic (exact) mass is 263 g/mol. The quantitative estimate of drug-likeness (QED) is 0.858. The Morgan fingerprint density at radius 2 is 2.37 bits per heavy atom. The summed E-state index contributed by atoms with van der Waals surface area (Å²) in [5, 5.41) is 12.2. The highest BCUT2D eigenvalue weighted by atomic mass is 16.3. The molecule has 0 aromatic carbocycles. The smallest absolute Gasteiger partial charge is 0.322 e. The molecule has 104 valence electrons. The minimum Gasteiger partial charge on any atom is -0.396 e. The molecule has 0 radical (unpaired) electrons. The molecule has 5 heteroatoms.